The molecule has 0 saturated carbocycles. The third kappa shape index (κ3) is 7.25. The van der Waals surface area contributed by atoms with E-state index in [1.165, 1.54) is 25.1 Å². The number of carbonyl (C=O) groups excluding carboxylic acids is 1. The first-order valence-corrected chi connectivity index (χ1v) is 14.0. The predicted molar refractivity (Wildman–Crippen MR) is 158 cm³/mol. The van der Waals surface area contributed by atoms with Gasteiger partial charge in [-0.25, -0.2) is 28.7 Å². The molecule has 1 fully saturated rings. The highest BCUT2D eigenvalue weighted by Crippen LogP contribution is 2.22. The second-order valence-electron chi connectivity index (χ2n) is 10.4. The normalized spacial score (nSPS) is 15.1. The van der Waals surface area contributed by atoms with E-state index in [2.05, 4.69) is 30.9 Å². The maximum Gasteiger partial charge on any atom is 0.274 e. The molecule has 4 aromatic rings. The molecule has 1 amide bonds. The van der Waals surface area contributed by atoms with Crippen molar-refractivity contribution >= 4 is 17.5 Å². The van der Waals surface area contributed by atoms with Gasteiger partial charge >= 0.3 is 0 Å². The number of amides is 1. The summed E-state index contributed by atoms with van der Waals surface area (Å²) in [5.74, 6) is -2.00. The Morgan fingerprint density at radius 1 is 1.14 bits per heavy atom. The van der Waals surface area contributed by atoms with Crippen molar-refractivity contribution in [2.45, 2.75) is 51.2 Å². The fraction of sp³-hybridized carbons (Fsp3) is 0.290. The van der Waals surface area contributed by atoms with Gasteiger partial charge in [-0.2, -0.15) is 5.26 Å². The Bertz CT molecular complexity index is 1650. The van der Waals surface area contributed by atoms with Gasteiger partial charge < -0.3 is 21.7 Å². The van der Waals surface area contributed by atoms with E-state index >= 15 is 0 Å². The summed E-state index contributed by atoms with van der Waals surface area (Å²) in [6, 6.07) is 12.8. The minimum absolute atomic E-state index is 0.0379. The lowest BCUT2D eigenvalue weighted by molar-refractivity contribution is 0.0935. The van der Waals surface area contributed by atoms with Crippen molar-refractivity contribution in [1.82, 2.24) is 30.6 Å². The van der Waals surface area contributed by atoms with Crippen LogP contribution in [0.25, 0.3) is 11.3 Å². The van der Waals surface area contributed by atoms with E-state index in [1.807, 2.05) is 30.3 Å². The maximum atomic E-state index is 13.7. The number of benzene rings is 2. The molecule has 5 rings (SSSR count). The molecule has 2 atom stereocenters. The Morgan fingerprint density at radius 3 is 2.67 bits per heavy atom. The first-order chi connectivity index (χ1) is 20.8. The van der Waals surface area contributed by atoms with E-state index in [4.69, 9.17) is 10.7 Å². The van der Waals surface area contributed by atoms with Gasteiger partial charge in [0.15, 0.2) is 28.8 Å². The summed E-state index contributed by atoms with van der Waals surface area (Å²) >= 11 is 0. The van der Waals surface area contributed by atoms with Crippen molar-refractivity contribution in [3.05, 3.63) is 94.7 Å². The van der Waals surface area contributed by atoms with Gasteiger partial charge in [0.05, 0.1) is 29.8 Å². The van der Waals surface area contributed by atoms with Crippen LogP contribution < -0.4 is 21.7 Å². The van der Waals surface area contributed by atoms with E-state index in [0.29, 0.717) is 24.0 Å². The molecule has 0 bridgehead atoms. The highest BCUT2D eigenvalue weighted by atomic mass is 19.2. The molecule has 0 spiro atoms. The van der Waals surface area contributed by atoms with Gasteiger partial charge in [-0.1, -0.05) is 30.3 Å². The molecule has 0 unspecified atom stereocenters. The molecule has 220 valence electrons. The van der Waals surface area contributed by atoms with Gasteiger partial charge in [0.2, 0.25) is 0 Å². The van der Waals surface area contributed by atoms with Gasteiger partial charge in [0.1, 0.15) is 11.9 Å². The molecule has 2 aromatic carbocycles. The number of aryl methyl sites for hydroxylation is 1. The third-order valence-corrected chi connectivity index (χ3v) is 7.37. The molecule has 10 nitrogen and oxygen atoms in total. The van der Waals surface area contributed by atoms with E-state index < -0.39 is 23.6 Å². The number of halogens is 2. The van der Waals surface area contributed by atoms with Crippen LogP contribution in [0.2, 0.25) is 0 Å². The summed E-state index contributed by atoms with van der Waals surface area (Å²) in [4.78, 5) is 30.6. The molecule has 1 saturated heterocycles. The minimum Gasteiger partial charge on any atom is -0.382 e. The lowest BCUT2D eigenvalue weighted by Gasteiger charge is -2.16. The quantitative estimate of drug-likeness (QED) is 0.212. The number of hydrogen-bond donors (Lipinski definition) is 4. The lowest BCUT2D eigenvalue weighted by atomic mass is 10.1. The molecule has 0 radical (unpaired) electrons. The minimum atomic E-state index is -1.01. The van der Waals surface area contributed by atoms with Crippen LogP contribution in [0, 0.1) is 23.0 Å². The number of nitrogens with zero attached hydrogens (tertiary/aromatic N) is 5. The van der Waals surface area contributed by atoms with Crippen molar-refractivity contribution in [2.75, 3.05) is 17.6 Å². The summed E-state index contributed by atoms with van der Waals surface area (Å²) < 4.78 is 27.0. The fourth-order valence-electron chi connectivity index (χ4n) is 4.91. The lowest BCUT2D eigenvalue weighted by Crippen LogP contribution is -2.29. The van der Waals surface area contributed by atoms with Crippen molar-refractivity contribution < 1.29 is 13.6 Å². The number of nitrogen functional groups attached to an aromatic ring is 1. The van der Waals surface area contributed by atoms with Crippen LogP contribution in [0.3, 0.4) is 0 Å². The molecular weight excluding hydrogens is 552 g/mol. The Morgan fingerprint density at radius 2 is 1.95 bits per heavy atom. The molecular formula is C31H31F2N9O. The maximum absolute atomic E-state index is 13.7. The first kappa shape index (κ1) is 29.5. The van der Waals surface area contributed by atoms with E-state index in [-0.39, 0.29) is 17.2 Å². The smallest absolute Gasteiger partial charge is 0.274 e. The summed E-state index contributed by atoms with van der Waals surface area (Å²) in [7, 11) is 0. The molecule has 2 aromatic heterocycles. The molecule has 0 aliphatic carbocycles. The second-order valence-corrected chi connectivity index (χ2v) is 10.4. The monoisotopic (exact) mass is 583 g/mol. The number of anilines is 2. The summed E-state index contributed by atoms with van der Waals surface area (Å²) in [5, 5.41) is 18.6. The highest BCUT2D eigenvalue weighted by Gasteiger charge is 2.20. The summed E-state index contributed by atoms with van der Waals surface area (Å²) in [6.07, 6.45) is 7.01. The largest absolute Gasteiger partial charge is 0.382 e. The summed E-state index contributed by atoms with van der Waals surface area (Å²) in [5.41, 5.74) is 9.65. The van der Waals surface area contributed by atoms with Gasteiger partial charge in [0, 0.05) is 18.2 Å². The van der Waals surface area contributed by atoms with Crippen LogP contribution in [0.4, 0.5) is 20.4 Å². The Balaban J connectivity index is 1.25. The molecule has 3 heterocycles. The molecule has 1 aliphatic heterocycles. The van der Waals surface area contributed by atoms with Gasteiger partial charge in [0.25, 0.3) is 5.91 Å². The Hall–Kier alpha value is -5.02. The summed E-state index contributed by atoms with van der Waals surface area (Å²) in [6.45, 7) is 2.99. The average molecular weight is 584 g/mol. The fourth-order valence-corrected chi connectivity index (χ4v) is 4.91. The predicted octanol–water partition coefficient (Wildman–Crippen LogP) is 4.45. The third-order valence-electron chi connectivity index (χ3n) is 7.37. The highest BCUT2D eigenvalue weighted by molar-refractivity contribution is 5.97. The number of rotatable bonds is 10. The molecule has 43 heavy (non-hydrogen) atoms. The van der Waals surface area contributed by atoms with Crippen molar-refractivity contribution in [3.63, 3.8) is 0 Å². The standard InChI is InChI=1S/C31H31F2N9O/c1-18(21-8-10-24(32)25(33)13-21)40-31(43)28-30(39-16-23(14-34)41-28)38-15-19-4-6-20(7-5-19)27-17-37-29(35)26(42-27)11-9-22-3-2-12-36-22/h4-8,10,13,16-18,22,36H,2-3,9,11-12,15H2,1H3,(H2,35,37)(H,38,39)(H,40,43)/t18-,22-/m0/s1. The van der Waals surface area contributed by atoms with E-state index in [9.17, 15) is 18.8 Å². The number of nitrogens with two attached hydrogens (primary N) is 1. The van der Waals surface area contributed by atoms with Crippen molar-refractivity contribution in [2.24, 2.45) is 0 Å². The Kier molecular flexibility index (Phi) is 9.12. The second kappa shape index (κ2) is 13.3. The number of aromatic nitrogens is 4. The molecule has 5 N–H and O–H groups in total. The number of nitriles is 1. The molecule has 12 heteroatoms. The van der Waals surface area contributed by atoms with Crippen LogP contribution in [-0.2, 0) is 13.0 Å². The van der Waals surface area contributed by atoms with Gasteiger partial charge in [-0.3, -0.25) is 4.79 Å². The average Bonchev–Trinajstić information content (AvgIpc) is 3.55. The van der Waals surface area contributed by atoms with Gasteiger partial charge in [-0.15, -0.1) is 0 Å². The Labute approximate surface area is 247 Å². The topological polar surface area (TPSA) is 155 Å². The number of hydrogen-bond acceptors (Lipinski definition) is 9. The number of carbonyl (C=O) groups is 1. The van der Waals surface area contributed by atoms with E-state index in [0.717, 1.165) is 54.0 Å². The first-order valence-electron chi connectivity index (χ1n) is 14.0. The zero-order valence-corrected chi connectivity index (χ0v) is 23.6. The van der Waals surface area contributed by atoms with E-state index in [1.54, 1.807) is 13.1 Å². The van der Waals surface area contributed by atoms with Crippen LogP contribution in [-0.4, -0.2) is 38.4 Å². The van der Waals surface area contributed by atoms with Crippen LogP contribution in [0.1, 0.15) is 65.2 Å². The van der Waals surface area contributed by atoms with Crippen molar-refractivity contribution in [1.29, 1.82) is 5.26 Å². The zero-order valence-electron chi connectivity index (χ0n) is 23.6. The van der Waals surface area contributed by atoms with Gasteiger partial charge in [-0.05, 0) is 62.4 Å². The van der Waals surface area contributed by atoms with Crippen LogP contribution >= 0.6 is 0 Å². The molecule has 1 aliphatic rings. The van der Waals surface area contributed by atoms with Crippen LogP contribution in [0.5, 0.6) is 0 Å². The number of nitrogens with one attached hydrogen (secondary N) is 3. The van der Waals surface area contributed by atoms with Crippen molar-refractivity contribution in [3.8, 4) is 17.3 Å². The van der Waals surface area contributed by atoms with Crippen LogP contribution in [0.15, 0.2) is 54.9 Å². The SMILES string of the molecule is C[C@H](NC(=O)c1nc(C#N)cnc1NCc1ccc(-c2cnc(N)c(CC[C@@H]3CCCN3)n2)cc1)c1ccc(F)c(F)c1. The zero-order chi connectivity index (χ0) is 30.3.